The molecule has 1 nitrogen and oxygen atoms in total. The van der Waals surface area contributed by atoms with E-state index >= 15 is 0 Å². The normalized spacial score (nSPS) is 12.4. The van der Waals surface area contributed by atoms with Crippen molar-refractivity contribution in [2.45, 2.75) is 19.9 Å². The fourth-order valence-corrected chi connectivity index (χ4v) is 1.36. The van der Waals surface area contributed by atoms with E-state index in [2.05, 4.69) is 0 Å². The summed E-state index contributed by atoms with van der Waals surface area (Å²) in [5, 5.41) is 0.111. The molecule has 0 aliphatic rings. The van der Waals surface area contributed by atoms with Crippen LogP contribution < -0.4 is 5.73 Å². The average molecular weight is 214 g/mol. The van der Waals surface area contributed by atoms with Gasteiger partial charge in [0.05, 0.1) is 5.02 Å². The van der Waals surface area contributed by atoms with Gasteiger partial charge in [0, 0.05) is 6.04 Å². The first-order valence-electron chi connectivity index (χ1n) is 4.36. The van der Waals surface area contributed by atoms with E-state index in [-0.39, 0.29) is 11.1 Å². The number of hydrogen-bond acceptors (Lipinski definition) is 1. The molecule has 0 fully saturated rings. The Morgan fingerprint density at radius 3 is 2.64 bits per heavy atom. The second-order valence-electron chi connectivity index (χ2n) is 3.44. The Morgan fingerprint density at radius 1 is 1.50 bits per heavy atom. The molecular weight excluding hydrogens is 201 g/mol. The lowest BCUT2D eigenvalue weighted by Crippen LogP contribution is -2.07. The molecule has 1 aromatic carbocycles. The van der Waals surface area contributed by atoms with Crippen LogP contribution in [0.15, 0.2) is 29.8 Å². The van der Waals surface area contributed by atoms with Crippen LogP contribution in [0.1, 0.15) is 25.5 Å². The van der Waals surface area contributed by atoms with Gasteiger partial charge in [0.25, 0.3) is 0 Å². The van der Waals surface area contributed by atoms with Crippen molar-refractivity contribution < 1.29 is 4.39 Å². The van der Waals surface area contributed by atoms with Crippen LogP contribution in [0, 0.1) is 5.82 Å². The Hall–Kier alpha value is -0.860. The maximum Gasteiger partial charge on any atom is 0.141 e. The summed E-state index contributed by atoms with van der Waals surface area (Å²) in [6, 6.07) is 4.31. The fourth-order valence-electron chi connectivity index (χ4n) is 1.18. The summed E-state index contributed by atoms with van der Waals surface area (Å²) in [6.45, 7) is 3.93. The Labute approximate surface area is 88.4 Å². The number of halogens is 2. The molecule has 1 unspecified atom stereocenters. The quantitative estimate of drug-likeness (QED) is 0.749. The van der Waals surface area contributed by atoms with Crippen molar-refractivity contribution in [3.8, 4) is 0 Å². The third-order valence-electron chi connectivity index (χ3n) is 1.84. The molecule has 0 radical (unpaired) electrons. The summed E-state index contributed by atoms with van der Waals surface area (Å²) >= 11 is 5.64. The zero-order valence-corrected chi connectivity index (χ0v) is 8.98. The molecule has 2 N–H and O–H groups in total. The van der Waals surface area contributed by atoms with Crippen molar-refractivity contribution >= 4 is 11.6 Å². The van der Waals surface area contributed by atoms with Crippen molar-refractivity contribution in [2.75, 3.05) is 0 Å². The van der Waals surface area contributed by atoms with Gasteiger partial charge >= 0.3 is 0 Å². The van der Waals surface area contributed by atoms with Crippen molar-refractivity contribution in [2.24, 2.45) is 5.73 Å². The number of allylic oxidation sites excluding steroid dienone is 1. The van der Waals surface area contributed by atoms with E-state index in [0.717, 1.165) is 11.1 Å². The van der Waals surface area contributed by atoms with Crippen molar-refractivity contribution in [1.82, 2.24) is 0 Å². The van der Waals surface area contributed by atoms with Crippen LogP contribution >= 0.6 is 11.6 Å². The van der Waals surface area contributed by atoms with Crippen LogP contribution in [-0.2, 0) is 0 Å². The van der Waals surface area contributed by atoms with Gasteiger partial charge in [-0.05, 0) is 31.5 Å². The molecule has 1 atom stereocenters. The van der Waals surface area contributed by atoms with Crippen LogP contribution in [-0.4, -0.2) is 0 Å². The van der Waals surface area contributed by atoms with Crippen molar-refractivity contribution in [1.29, 1.82) is 0 Å². The number of hydrogen-bond donors (Lipinski definition) is 1. The minimum absolute atomic E-state index is 0.111. The molecule has 3 heteroatoms. The maximum absolute atomic E-state index is 12.8. The van der Waals surface area contributed by atoms with Gasteiger partial charge in [0.2, 0.25) is 0 Å². The first-order valence-corrected chi connectivity index (χ1v) is 4.74. The molecule has 0 aliphatic carbocycles. The second-order valence-corrected chi connectivity index (χ2v) is 3.85. The van der Waals surface area contributed by atoms with Crippen LogP contribution in [0.3, 0.4) is 0 Å². The highest BCUT2D eigenvalue weighted by molar-refractivity contribution is 6.30. The van der Waals surface area contributed by atoms with Crippen LogP contribution in [0.4, 0.5) is 4.39 Å². The Bertz CT molecular complexity index is 356. The highest BCUT2D eigenvalue weighted by atomic mass is 35.5. The van der Waals surface area contributed by atoms with Crippen LogP contribution in [0.25, 0.3) is 0 Å². The molecule has 0 aliphatic heterocycles. The van der Waals surface area contributed by atoms with Gasteiger partial charge in [0.1, 0.15) is 5.82 Å². The van der Waals surface area contributed by atoms with Gasteiger partial charge in [0.15, 0.2) is 0 Å². The van der Waals surface area contributed by atoms with Gasteiger partial charge in [-0.3, -0.25) is 0 Å². The first-order chi connectivity index (χ1) is 6.50. The van der Waals surface area contributed by atoms with E-state index in [1.165, 1.54) is 6.07 Å². The van der Waals surface area contributed by atoms with Crippen molar-refractivity contribution in [3.63, 3.8) is 0 Å². The van der Waals surface area contributed by atoms with E-state index in [1.54, 1.807) is 12.1 Å². The maximum atomic E-state index is 12.8. The summed E-state index contributed by atoms with van der Waals surface area (Å²) < 4.78 is 12.8. The van der Waals surface area contributed by atoms with E-state index in [4.69, 9.17) is 17.3 Å². The third kappa shape index (κ3) is 2.82. The fraction of sp³-hybridized carbons (Fsp3) is 0.273. The molecule has 0 bridgehead atoms. The third-order valence-corrected chi connectivity index (χ3v) is 2.13. The Balaban J connectivity index is 2.97. The van der Waals surface area contributed by atoms with Crippen LogP contribution in [0.2, 0.25) is 5.02 Å². The van der Waals surface area contributed by atoms with Gasteiger partial charge in [-0.2, -0.15) is 0 Å². The molecule has 0 amide bonds. The van der Waals surface area contributed by atoms with Gasteiger partial charge in [-0.15, -0.1) is 0 Å². The highest BCUT2D eigenvalue weighted by Gasteiger charge is 2.05. The SMILES string of the molecule is CC(C)=CC(N)c1ccc(F)c(Cl)c1. The molecule has 1 rings (SSSR count). The van der Waals surface area contributed by atoms with Gasteiger partial charge < -0.3 is 5.73 Å². The zero-order chi connectivity index (χ0) is 10.7. The predicted molar refractivity (Wildman–Crippen MR) is 57.8 cm³/mol. The molecule has 1 aromatic rings. The summed E-state index contributed by atoms with van der Waals surface area (Å²) in [6.07, 6.45) is 1.91. The van der Waals surface area contributed by atoms with E-state index in [1.807, 2.05) is 19.9 Å². The van der Waals surface area contributed by atoms with Crippen LogP contribution in [0.5, 0.6) is 0 Å². The summed E-state index contributed by atoms with van der Waals surface area (Å²) in [7, 11) is 0. The standard InChI is InChI=1S/C11H13ClFN/c1-7(2)5-11(14)8-3-4-10(13)9(12)6-8/h3-6,11H,14H2,1-2H3. The first kappa shape index (κ1) is 11.2. The molecular formula is C11H13ClFN. The van der Waals surface area contributed by atoms with Gasteiger partial charge in [-0.25, -0.2) is 4.39 Å². The molecule has 0 heterocycles. The molecule has 0 saturated carbocycles. The lowest BCUT2D eigenvalue weighted by atomic mass is 10.1. The predicted octanol–water partition coefficient (Wildman–Crippen LogP) is 3.45. The highest BCUT2D eigenvalue weighted by Crippen LogP contribution is 2.20. The second kappa shape index (κ2) is 4.58. The summed E-state index contributed by atoms with van der Waals surface area (Å²) in [5.74, 6) is -0.417. The molecule has 0 spiro atoms. The average Bonchev–Trinajstić information content (AvgIpc) is 2.08. The lowest BCUT2D eigenvalue weighted by molar-refractivity contribution is 0.627. The number of nitrogens with two attached hydrogens (primary N) is 1. The Morgan fingerprint density at radius 2 is 2.14 bits per heavy atom. The zero-order valence-electron chi connectivity index (χ0n) is 8.22. The van der Waals surface area contributed by atoms with E-state index < -0.39 is 5.82 Å². The number of rotatable bonds is 2. The minimum Gasteiger partial charge on any atom is -0.321 e. The monoisotopic (exact) mass is 213 g/mol. The molecule has 76 valence electrons. The van der Waals surface area contributed by atoms with Gasteiger partial charge in [-0.1, -0.05) is 29.3 Å². The lowest BCUT2D eigenvalue weighted by Gasteiger charge is -2.08. The van der Waals surface area contributed by atoms with E-state index in [9.17, 15) is 4.39 Å². The molecule has 0 saturated heterocycles. The molecule has 0 aromatic heterocycles. The smallest absolute Gasteiger partial charge is 0.141 e. The van der Waals surface area contributed by atoms with Crippen molar-refractivity contribution in [3.05, 3.63) is 46.3 Å². The Kier molecular flexibility index (Phi) is 3.67. The molecule has 14 heavy (non-hydrogen) atoms. The largest absolute Gasteiger partial charge is 0.321 e. The summed E-state index contributed by atoms with van der Waals surface area (Å²) in [5.41, 5.74) is 7.80. The summed E-state index contributed by atoms with van der Waals surface area (Å²) in [4.78, 5) is 0. The number of benzene rings is 1. The minimum atomic E-state index is -0.417. The topological polar surface area (TPSA) is 26.0 Å². The van der Waals surface area contributed by atoms with E-state index in [0.29, 0.717) is 0 Å².